The molecule has 0 atom stereocenters. The van der Waals surface area contributed by atoms with Gasteiger partial charge in [0.15, 0.2) is 0 Å². The first-order chi connectivity index (χ1) is 13.3. The third-order valence-electron chi connectivity index (χ3n) is 4.56. The Balaban J connectivity index is 1.89. The molecule has 0 spiro atoms. The molecule has 1 N–H and O–H groups in total. The zero-order valence-electron chi connectivity index (χ0n) is 14.9. The highest BCUT2D eigenvalue weighted by molar-refractivity contribution is 7.89. The van der Waals surface area contributed by atoms with Gasteiger partial charge in [0.25, 0.3) is 5.91 Å². The van der Waals surface area contributed by atoms with Crippen molar-refractivity contribution in [3.8, 4) is 0 Å². The van der Waals surface area contributed by atoms with Crippen LogP contribution in [0.1, 0.15) is 36.0 Å². The lowest BCUT2D eigenvalue weighted by molar-refractivity contribution is 0.102. The molecule has 0 saturated carbocycles. The van der Waals surface area contributed by atoms with Gasteiger partial charge in [0.05, 0.1) is 21.2 Å². The summed E-state index contributed by atoms with van der Waals surface area (Å²) in [4.78, 5) is 12.5. The van der Waals surface area contributed by atoms with Gasteiger partial charge in [0.1, 0.15) is 11.6 Å². The third-order valence-corrected chi connectivity index (χ3v) is 6.79. The Bertz CT molecular complexity index is 991. The van der Waals surface area contributed by atoms with Crippen LogP contribution in [0.3, 0.4) is 0 Å². The van der Waals surface area contributed by atoms with Crippen LogP contribution in [0.15, 0.2) is 41.3 Å². The SMILES string of the molecule is O=C(Nc1ccc(F)cc1F)c1cc(S(=O)(=O)N2CCCCCC2)ccc1Cl. The van der Waals surface area contributed by atoms with Crippen molar-refractivity contribution in [3.05, 3.63) is 58.6 Å². The molecule has 1 heterocycles. The number of nitrogens with one attached hydrogen (secondary N) is 1. The number of benzene rings is 2. The smallest absolute Gasteiger partial charge is 0.257 e. The molecule has 1 amide bonds. The number of carbonyl (C=O) groups is 1. The van der Waals surface area contributed by atoms with Crippen molar-refractivity contribution in [1.29, 1.82) is 0 Å². The highest BCUT2D eigenvalue weighted by Gasteiger charge is 2.26. The molecule has 150 valence electrons. The van der Waals surface area contributed by atoms with Gasteiger partial charge >= 0.3 is 0 Å². The zero-order chi connectivity index (χ0) is 20.3. The summed E-state index contributed by atoms with van der Waals surface area (Å²) in [7, 11) is -3.77. The number of halogens is 3. The highest BCUT2D eigenvalue weighted by atomic mass is 35.5. The van der Waals surface area contributed by atoms with Crippen LogP contribution in [0.4, 0.5) is 14.5 Å². The minimum Gasteiger partial charge on any atom is -0.319 e. The van der Waals surface area contributed by atoms with Gasteiger partial charge in [0.2, 0.25) is 10.0 Å². The van der Waals surface area contributed by atoms with Crippen molar-refractivity contribution in [2.45, 2.75) is 30.6 Å². The third kappa shape index (κ3) is 4.51. The average Bonchev–Trinajstić information content (AvgIpc) is 2.94. The molecule has 3 rings (SSSR count). The molecule has 2 aromatic rings. The van der Waals surface area contributed by atoms with E-state index in [1.807, 2.05) is 0 Å². The second-order valence-electron chi connectivity index (χ2n) is 6.54. The summed E-state index contributed by atoms with van der Waals surface area (Å²) in [6.45, 7) is 0.848. The first-order valence-electron chi connectivity index (χ1n) is 8.85. The largest absolute Gasteiger partial charge is 0.319 e. The van der Waals surface area contributed by atoms with Crippen molar-refractivity contribution in [3.63, 3.8) is 0 Å². The van der Waals surface area contributed by atoms with Crippen molar-refractivity contribution in [2.75, 3.05) is 18.4 Å². The van der Waals surface area contributed by atoms with E-state index < -0.39 is 27.6 Å². The Morgan fingerprint density at radius 1 is 1.00 bits per heavy atom. The Morgan fingerprint density at radius 2 is 1.68 bits per heavy atom. The summed E-state index contributed by atoms with van der Waals surface area (Å²) in [5.41, 5.74) is -0.343. The number of hydrogen-bond acceptors (Lipinski definition) is 3. The Labute approximate surface area is 167 Å². The monoisotopic (exact) mass is 428 g/mol. The van der Waals surface area contributed by atoms with Crippen LogP contribution in [0.2, 0.25) is 5.02 Å². The Kier molecular flexibility index (Phi) is 6.32. The maximum absolute atomic E-state index is 13.8. The van der Waals surface area contributed by atoms with E-state index in [0.29, 0.717) is 19.2 Å². The molecule has 1 aliphatic heterocycles. The van der Waals surface area contributed by atoms with Crippen molar-refractivity contribution < 1.29 is 22.0 Å². The van der Waals surface area contributed by atoms with Crippen LogP contribution in [-0.4, -0.2) is 31.7 Å². The molecule has 5 nitrogen and oxygen atoms in total. The lowest BCUT2D eigenvalue weighted by atomic mass is 10.2. The zero-order valence-corrected chi connectivity index (χ0v) is 16.5. The molecular formula is C19H19ClF2N2O3S. The number of sulfonamides is 1. The molecule has 0 bridgehead atoms. The molecule has 0 radical (unpaired) electrons. The number of hydrogen-bond donors (Lipinski definition) is 1. The Hall–Kier alpha value is -2.03. The molecule has 0 aromatic heterocycles. The van der Waals surface area contributed by atoms with E-state index in [0.717, 1.165) is 37.8 Å². The lowest BCUT2D eigenvalue weighted by Crippen LogP contribution is -2.32. The van der Waals surface area contributed by atoms with E-state index in [4.69, 9.17) is 11.6 Å². The van der Waals surface area contributed by atoms with Gasteiger partial charge in [0, 0.05) is 19.2 Å². The summed E-state index contributed by atoms with van der Waals surface area (Å²) in [6, 6.07) is 6.56. The lowest BCUT2D eigenvalue weighted by Gasteiger charge is -2.20. The molecule has 0 unspecified atom stereocenters. The van der Waals surface area contributed by atoms with E-state index in [1.165, 1.54) is 22.5 Å². The molecule has 9 heteroatoms. The van der Waals surface area contributed by atoms with Crippen molar-refractivity contribution in [1.82, 2.24) is 4.31 Å². The number of anilines is 1. The fourth-order valence-corrected chi connectivity index (χ4v) is 4.80. The second kappa shape index (κ2) is 8.55. The normalized spacial score (nSPS) is 15.8. The second-order valence-corrected chi connectivity index (χ2v) is 8.88. The molecule has 1 aliphatic rings. The van der Waals surface area contributed by atoms with Gasteiger partial charge in [-0.2, -0.15) is 4.31 Å². The fourth-order valence-electron chi connectivity index (χ4n) is 3.05. The van der Waals surface area contributed by atoms with E-state index in [9.17, 15) is 22.0 Å². The van der Waals surface area contributed by atoms with E-state index in [-0.39, 0.29) is 21.2 Å². The quantitative estimate of drug-likeness (QED) is 0.783. The summed E-state index contributed by atoms with van der Waals surface area (Å²) in [5.74, 6) is -2.51. The molecule has 0 aliphatic carbocycles. The topological polar surface area (TPSA) is 66.5 Å². The molecule has 1 fully saturated rings. The maximum Gasteiger partial charge on any atom is 0.257 e. The highest BCUT2D eigenvalue weighted by Crippen LogP contribution is 2.26. The molecular weight excluding hydrogens is 410 g/mol. The maximum atomic E-state index is 13.8. The van der Waals surface area contributed by atoms with Crippen LogP contribution in [0.25, 0.3) is 0 Å². The standard InChI is InChI=1S/C19H19ClF2N2O3S/c20-16-7-6-14(28(26,27)24-9-3-1-2-4-10-24)12-15(16)19(25)23-18-8-5-13(21)11-17(18)22/h5-8,11-12H,1-4,9-10H2,(H,23,25). The summed E-state index contributed by atoms with van der Waals surface area (Å²) in [5, 5.41) is 2.31. The van der Waals surface area contributed by atoms with Gasteiger partial charge in [-0.3, -0.25) is 4.79 Å². The van der Waals surface area contributed by atoms with Crippen molar-refractivity contribution >= 4 is 33.2 Å². The Morgan fingerprint density at radius 3 is 2.32 bits per heavy atom. The van der Waals surface area contributed by atoms with Gasteiger partial charge in [-0.05, 0) is 43.2 Å². The molecule has 28 heavy (non-hydrogen) atoms. The number of nitrogens with zero attached hydrogens (tertiary/aromatic N) is 1. The van der Waals surface area contributed by atoms with Gasteiger partial charge in [-0.1, -0.05) is 24.4 Å². The van der Waals surface area contributed by atoms with Crippen LogP contribution >= 0.6 is 11.6 Å². The fraction of sp³-hybridized carbons (Fsp3) is 0.316. The first-order valence-corrected chi connectivity index (χ1v) is 10.7. The van der Waals surface area contributed by atoms with Gasteiger partial charge in [-0.15, -0.1) is 0 Å². The average molecular weight is 429 g/mol. The van der Waals surface area contributed by atoms with E-state index in [1.54, 1.807) is 0 Å². The van der Waals surface area contributed by atoms with Crippen LogP contribution in [-0.2, 0) is 10.0 Å². The molecule has 1 saturated heterocycles. The van der Waals surface area contributed by atoms with Crippen LogP contribution in [0, 0.1) is 11.6 Å². The number of amides is 1. The van der Waals surface area contributed by atoms with E-state index in [2.05, 4.69) is 5.32 Å². The minimum absolute atomic E-state index is 0.0230. The predicted octanol–water partition coefficient (Wildman–Crippen LogP) is 4.44. The summed E-state index contributed by atoms with van der Waals surface area (Å²) in [6.07, 6.45) is 3.51. The number of rotatable bonds is 4. The van der Waals surface area contributed by atoms with Gasteiger partial charge < -0.3 is 5.32 Å². The van der Waals surface area contributed by atoms with Gasteiger partial charge in [-0.25, -0.2) is 17.2 Å². The number of carbonyl (C=O) groups excluding carboxylic acids is 1. The van der Waals surface area contributed by atoms with Crippen molar-refractivity contribution in [2.24, 2.45) is 0 Å². The van der Waals surface area contributed by atoms with Crippen LogP contribution < -0.4 is 5.32 Å². The van der Waals surface area contributed by atoms with E-state index >= 15 is 0 Å². The summed E-state index contributed by atoms with van der Waals surface area (Å²) >= 11 is 6.06. The molecule has 2 aromatic carbocycles. The van der Waals surface area contributed by atoms with Crippen LogP contribution in [0.5, 0.6) is 0 Å². The predicted molar refractivity (Wildman–Crippen MR) is 103 cm³/mol. The minimum atomic E-state index is -3.77. The summed E-state index contributed by atoms with van der Waals surface area (Å²) < 4.78 is 54.1. The first kappa shape index (κ1) is 20.7.